The number of unbranched alkanes of at least 4 members (excludes halogenated alkanes) is 1. The highest BCUT2D eigenvalue weighted by atomic mass is 16.5. The lowest BCUT2D eigenvalue weighted by Crippen LogP contribution is -2.50. The third-order valence-electron chi connectivity index (χ3n) is 3.55. The molecular formula is C14H28N2O2. The lowest BCUT2D eigenvalue weighted by Gasteiger charge is -2.35. The summed E-state index contributed by atoms with van der Waals surface area (Å²) >= 11 is 0. The summed E-state index contributed by atoms with van der Waals surface area (Å²) in [6, 6.07) is 0.949. The third kappa shape index (κ3) is 5.36. The van der Waals surface area contributed by atoms with Crippen LogP contribution in [0.25, 0.3) is 0 Å². The first kappa shape index (κ1) is 15.4. The number of hydrogen-bond acceptors (Lipinski definition) is 3. The minimum atomic E-state index is 0.0110. The summed E-state index contributed by atoms with van der Waals surface area (Å²) in [4.78, 5) is 11.6. The Balaban J connectivity index is 2.22. The van der Waals surface area contributed by atoms with Gasteiger partial charge in [-0.3, -0.25) is 4.79 Å². The van der Waals surface area contributed by atoms with Gasteiger partial charge in [-0.25, -0.2) is 0 Å². The first-order valence-corrected chi connectivity index (χ1v) is 7.31. The van der Waals surface area contributed by atoms with Crippen LogP contribution in [0.5, 0.6) is 0 Å². The molecule has 0 aliphatic carbocycles. The first-order chi connectivity index (χ1) is 8.67. The van der Waals surface area contributed by atoms with E-state index < -0.39 is 0 Å². The highest BCUT2D eigenvalue weighted by Crippen LogP contribution is 2.18. The van der Waals surface area contributed by atoms with Gasteiger partial charge in [0.25, 0.3) is 0 Å². The van der Waals surface area contributed by atoms with Gasteiger partial charge in [0, 0.05) is 18.6 Å². The molecule has 0 aromatic carbocycles. The lowest BCUT2D eigenvalue weighted by molar-refractivity contribution is -0.129. The van der Waals surface area contributed by atoms with Crippen molar-refractivity contribution in [1.29, 1.82) is 0 Å². The molecule has 3 unspecified atom stereocenters. The number of nitrogens with one attached hydrogen (secondary N) is 2. The Labute approximate surface area is 111 Å². The number of amides is 1. The Morgan fingerprint density at radius 2 is 2.17 bits per heavy atom. The molecule has 0 spiro atoms. The molecule has 0 aromatic rings. The molecule has 1 fully saturated rings. The Morgan fingerprint density at radius 1 is 1.39 bits per heavy atom. The fraction of sp³-hybridized carbons (Fsp3) is 0.929. The second-order valence-corrected chi connectivity index (χ2v) is 5.21. The van der Waals surface area contributed by atoms with Gasteiger partial charge < -0.3 is 15.4 Å². The summed E-state index contributed by atoms with van der Waals surface area (Å²) < 4.78 is 5.75. The first-order valence-electron chi connectivity index (χ1n) is 7.31. The molecule has 4 nitrogen and oxygen atoms in total. The predicted molar refractivity (Wildman–Crippen MR) is 73.6 cm³/mol. The third-order valence-corrected chi connectivity index (χ3v) is 3.55. The van der Waals surface area contributed by atoms with E-state index in [1.807, 2.05) is 0 Å². The standard InChI is InChI=1S/C14H28N2O2/c1-4-6-9-15-14(17)10-18-13-8-7-11(3)16-12(13)5-2/h11-13,16H,4-10H2,1-3H3,(H,15,17). The monoisotopic (exact) mass is 256 g/mol. The SMILES string of the molecule is CCCCNC(=O)COC1CCC(C)NC1CC. The average Bonchev–Trinajstić information content (AvgIpc) is 2.37. The minimum absolute atomic E-state index is 0.0110. The zero-order valence-electron chi connectivity index (χ0n) is 12.0. The molecule has 1 rings (SSSR count). The molecule has 0 bridgehead atoms. The Hall–Kier alpha value is -0.610. The van der Waals surface area contributed by atoms with Crippen LogP contribution in [0.15, 0.2) is 0 Å². The van der Waals surface area contributed by atoms with Crippen LogP contribution in [0.3, 0.4) is 0 Å². The summed E-state index contributed by atoms with van der Waals surface area (Å²) in [7, 11) is 0. The van der Waals surface area contributed by atoms with Crippen LogP contribution in [0.4, 0.5) is 0 Å². The number of ether oxygens (including phenoxy) is 1. The van der Waals surface area contributed by atoms with Crippen molar-refractivity contribution < 1.29 is 9.53 Å². The molecule has 106 valence electrons. The molecule has 1 aliphatic heterocycles. The summed E-state index contributed by atoms with van der Waals surface area (Å²) in [5, 5.41) is 6.42. The van der Waals surface area contributed by atoms with Gasteiger partial charge in [0.05, 0.1) is 6.10 Å². The Morgan fingerprint density at radius 3 is 2.83 bits per heavy atom. The minimum Gasteiger partial charge on any atom is -0.367 e. The fourth-order valence-corrected chi connectivity index (χ4v) is 2.39. The normalized spacial score (nSPS) is 28.1. The highest BCUT2D eigenvalue weighted by Gasteiger charge is 2.27. The highest BCUT2D eigenvalue weighted by molar-refractivity contribution is 5.77. The lowest BCUT2D eigenvalue weighted by atomic mass is 9.95. The average molecular weight is 256 g/mol. The van der Waals surface area contributed by atoms with Gasteiger partial charge in [0.1, 0.15) is 6.61 Å². The molecule has 3 atom stereocenters. The van der Waals surface area contributed by atoms with Gasteiger partial charge in [-0.1, -0.05) is 20.3 Å². The van der Waals surface area contributed by atoms with Gasteiger partial charge in [-0.05, 0) is 32.6 Å². The summed E-state index contributed by atoms with van der Waals surface area (Å²) in [6.45, 7) is 7.43. The van der Waals surface area contributed by atoms with Crippen LogP contribution in [-0.2, 0) is 9.53 Å². The predicted octanol–water partition coefficient (Wildman–Crippen LogP) is 1.84. The molecule has 1 heterocycles. The maximum atomic E-state index is 11.6. The van der Waals surface area contributed by atoms with Crippen LogP contribution >= 0.6 is 0 Å². The van der Waals surface area contributed by atoms with Crippen molar-refractivity contribution in [3.8, 4) is 0 Å². The van der Waals surface area contributed by atoms with Crippen molar-refractivity contribution in [2.45, 2.75) is 71.1 Å². The molecule has 1 amide bonds. The van der Waals surface area contributed by atoms with E-state index in [-0.39, 0.29) is 18.6 Å². The molecule has 0 radical (unpaired) electrons. The molecule has 18 heavy (non-hydrogen) atoms. The zero-order chi connectivity index (χ0) is 13.4. The second-order valence-electron chi connectivity index (χ2n) is 5.21. The van der Waals surface area contributed by atoms with Gasteiger partial charge in [0.2, 0.25) is 5.91 Å². The number of rotatable bonds is 7. The van der Waals surface area contributed by atoms with E-state index in [1.54, 1.807) is 0 Å². The van der Waals surface area contributed by atoms with Crippen LogP contribution < -0.4 is 10.6 Å². The largest absolute Gasteiger partial charge is 0.367 e. The maximum Gasteiger partial charge on any atom is 0.246 e. The van der Waals surface area contributed by atoms with E-state index in [2.05, 4.69) is 31.4 Å². The molecule has 0 aromatic heterocycles. The van der Waals surface area contributed by atoms with Crippen molar-refractivity contribution in [3.05, 3.63) is 0 Å². The van der Waals surface area contributed by atoms with Crippen molar-refractivity contribution in [2.24, 2.45) is 0 Å². The molecule has 0 saturated carbocycles. The van der Waals surface area contributed by atoms with Gasteiger partial charge in [-0.2, -0.15) is 0 Å². The quantitative estimate of drug-likeness (QED) is 0.683. The van der Waals surface area contributed by atoms with E-state index >= 15 is 0 Å². The molecular weight excluding hydrogens is 228 g/mol. The van der Waals surface area contributed by atoms with Crippen LogP contribution in [0, 0.1) is 0 Å². The van der Waals surface area contributed by atoms with Gasteiger partial charge in [-0.15, -0.1) is 0 Å². The van der Waals surface area contributed by atoms with E-state index in [1.165, 1.54) is 0 Å². The second kappa shape index (κ2) is 8.48. The van der Waals surface area contributed by atoms with Crippen LogP contribution in [0.1, 0.15) is 52.9 Å². The molecule has 1 aliphatic rings. The number of carbonyl (C=O) groups is 1. The smallest absolute Gasteiger partial charge is 0.246 e. The Bertz CT molecular complexity index is 246. The fourth-order valence-electron chi connectivity index (χ4n) is 2.39. The summed E-state index contributed by atoms with van der Waals surface area (Å²) in [5.74, 6) is 0.0110. The van der Waals surface area contributed by atoms with E-state index in [0.29, 0.717) is 12.1 Å². The topological polar surface area (TPSA) is 50.4 Å². The molecule has 1 saturated heterocycles. The number of hydrogen-bond donors (Lipinski definition) is 2. The summed E-state index contributed by atoms with van der Waals surface area (Å²) in [5.41, 5.74) is 0. The van der Waals surface area contributed by atoms with Crippen LogP contribution in [0.2, 0.25) is 0 Å². The van der Waals surface area contributed by atoms with Crippen molar-refractivity contribution in [1.82, 2.24) is 10.6 Å². The van der Waals surface area contributed by atoms with Crippen molar-refractivity contribution in [2.75, 3.05) is 13.2 Å². The molecule has 4 heteroatoms. The van der Waals surface area contributed by atoms with E-state index in [9.17, 15) is 4.79 Å². The molecule has 2 N–H and O–H groups in total. The summed E-state index contributed by atoms with van der Waals surface area (Å²) in [6.07, 6.45) is 5.54. The van der Waals surface area contributed by atoms with Gasteiger partial charge >= 0.3 is 0 Å². The number of carbonyl (C=O) groups excluding carboxylic acids is 1. The Kier molecular flexibility index (Phi) is 7.28. The van der Waals surface area contributed by atoms with Gasteiger partial charge in [0.15, 0.2) is 0 Å². The number of piperidine rings is 1. The van der Waals surface area contributed by atoms with Crippen molar-refractivity contribution in [3.63, 3.8) is 0 Å². The van der Waals surface area contributed by atoms with E-state index in [4.69, 9.17) is 4.74 Å². The van der Waals surface area contributed by atoms with Crippen LogP contribution in [-0.4, -0.2) is 37.2 Å². The van der Waals surface area contributed by atoms with Crippen molar-refractivity contribution >= 4 is 5.91 Å². The zero-order valence-corrected chi connectivity index (χ0v) is 12.0. The van der Waals surface area contributed by atoms with E-state index in [0.717, 1.165) is 38.6 Å². The maximum absolute atomic E-state index is 11.6.